The number of halogens is 2. The van der Waals surface area contributed by atoms with Gasteiger partial charge in [-0.3, -0.25) is 13.9 Å². The van der Waals surface area contributed by atoms with Gasteiger partial charge in [-0.2, -0.15) is 0 Å². The number of nitrogens with zero attached hydrogens (tertiary/aromatic N) is 2. The molecule has 1 unspecified atom stereocenters. The summed E-state index contributed by atoms with van der Waals surface area (Å²) in [6.07, 6.45) is 4.23. The second-order valence-electron chi connectivity index (χ2n) is 10.7. The van der Waals surface area contributed by atoms with Gasteiger partial charge in [-0.1, -0.05) is 72.8 Å². The average molecular weight is 647 g/mol. The number of sulfonamides is 1. The largest absolute Gasteiger partial charge is 0.495 e. The summed E-state index contributed by atoms with van der Waals surface area (Å²) >= 11 is 12.5. The lowest BCUT2D eigenvalue weighted by Gasteiger charge is -2.34. The molecule has 11 heteroatoms. The van der Waals surface area contributed by atoms with E-state index in [9.17, 15) is 18.0 Å². The molecule has 1 aliphatic carbocycles. The SMILES string of the molecule is CCC(C(=O)NC1CCCC1)N(Cc1ccc(Cl)cc1)C(=O)CN(c1ccc(OC)c(Cl)c1)S(=O)(=O)c1ccc(C)cc1. The molecular weight excluding hydrogens is 609 g/mol. The molecule has 0 aromatic heterocycles. The number of carbonyl (C=O) groups is 2. The summed E-state index contributed by atoms with van der Waals surface area (Å²) < 4.78 is 34.4. The molecule has 4 rings (SSSR count). The zero-order valence-electron chi connectivity index (χ0n) is 24.6. The van der Waals surface area contributed by atoms with Gasteiger partial charge in [-0.25, -0.2) is 8.42 Å². The van der Waals surface area contributed by atoms with Crippen molar-refractivity contribution in [1.82, 2.24) is 10.2 Å². The summed E-state index contributed by atoms with van der Waals surface area (Å²) in [5.41, 5.74) is 1.84. The minimum absolute atomic E-state index is 0.0214. The Kier molecular flexibility index (Phi) is 11.0. The molecule has 0 bridgehead atoms. The molecular formula is C32H37Cl2N3O5S. The van der Waals surface area contributed by atoms with Crippen molar-refractivity contribution in [3.05, 3.63) is 87.9 Å². The number of amides is 2. The van der Waals surface area contributed by atoms with Crippen LogP contribution in [0.15, 0.2) is 71.6 Å². The first-order valence-electron chi connectivity index (χ1n) is 14.3. The highest BCUT2D eigenvalue weighted by Crippen LogP contribution is 2.32. The monoisotopic (exact) mass is 645 g/mol. The third kappa shape index (κ3) is 8.02. The van der Waals surface area contributed by atoms with Crippen molar-refractivity contribution in [2.24, 2.45) is 0 Å². The van der Waals surface area contributed by atoms with Gasteiger partial charge in [0, 0.05) is 17.6 Å². The van der Waals surface area contributed by atoms with Crippen molar-refractivity contribution in [2.45, 2.75) is 69.5 Å². The molecule has 0 radical (unpaired) electrons. The molecule has 8 nitrogen and oxygen atoms in total. The first kappa shape index (κ1) is 32.6. The molecule has 0 saturated heterocycles. The normalized spacial score (nSPS) is 14.3. The second kappa shape index (κ2) is 14.5. The predicted molar refractivity (Wildman–Crippen MR) is 170 cm³/mol. The molecule has 1 atom stereocenters. The van der Waals surface area contributed by atoms with Gasteiger partial charge in [-0.15, -0.1) is 0 Å². The number of rotatable bonds is 12. The quantitative estimate of drug-likeness (QED) is 0.247. The Morgan fingerprint density at radius 3 is 2.23 bits per heavy atom. The van der Waals surface area contributed by atoms with Gasteiger partial charge in [0.15, 0.2) is 0 Å². The third-order valence-electron chi connectivity index (χ3n) is 7.66. The van der Waals surface area contributed by atoms with Crippen LogP contribution in [0, 0.1) is 6.92 Å². The third-order valence-corrected chi connectivity index (χ3v) is 10.0. The van der Waals surface area contributed by atoms with Crippen LogP contribution in [-0.2, 0) is 26.2 Å². The number of anilines is 1. The predicted octanol–water partition coefficient (Wildman–Crippen LogP) is 6.37. The van der Waals surface area contributed by atoms with Crippen molar-refractivity contribution >= 4 is 50.7 Å². The number of hydrogen-bond acceptors (Lipinski definition) is 5. The summed E-state index contributed by atoms with van der Waals surface area (Å²) in [7, 11) is -2.76. The van der Waals surface area contributed by atoms with Crippen molar-refractivity contribution in [1.29, 1.82) is 0 Å². The number of carbonyl (C=O) groups excluding carboxylic acids is 2. The molecule has 1 N–H and O–H groups in total. The lowest BCUT2D eigenvalue weighted by Crippen LogP contribution is -2.53. The minimum Gasteiger partial charge on any atom is -0.495 e. The van der Waals surface area contributed by atoms with Crippen LogP contribution in [0.25, 0.3) is 0 Å². The molecule has 0 heterocycles. The van der Waals surface area contributed by atoms with Gasteiger partial charge in [-0.05, 0) is 74.2 Å². The van der Waals surface area contributed by atoms with Crippen molar-refractivity contribution in [2.75, 3.05) is 18.0 Å². The molecule has 43 heavy (non-hydrogen) atoms. The van der Waals surface area contributed by atoms with Gasteiger partial charge in [0.2, 0.25) is 11.8 Å². The highest BCUT2D eigenvalue weighted by molar-refractivity contribution is 7.92. The Labute approximate surface area is 264 Å². The first-order chi connectivity index (χ1) is 20.5. The second-order valence-corrected chi connectivity index (χ2v) is 13.4. The Bertz CT molecular complexity index is 1530. The molecule has 230 valence electrons. The standard InChI is InChI=1S/C32H37Cl2N3O5S/c1-4-29(32(39)35-25-7-5-6-8-25)36(20-23-11-13-24(33)14-12-23)31(38)21-37(26-15-18-30(42-3)28(34)19-26)43(40,41)27-16-9-22(2)10-17-27/h9-19,25,29H,4-8,20-21H2,1-3H3,(H,35,39). The fourth-order valence-corrected chi connectivity index (χ4v) is 7.03. The molecule has 1 aliphatic rings. The summed E-state index contributed by atoms with van der Waals surface area (Å²) in [4.78, 5) is 29.3. The van der Waals surface area contributed by atoms with E-state index >= 15 is 0 Å². The highest BCUT2D eigenvalue weighted by Gasteiger charge is 2.34. The first-order valence-corrected chi connectivity index (χ1v) is 16.5. The Balaban J connectivity index is 1.73. The lowest BCUT2D eigenvalue weighted by molar-refractivity contribution is -0.140. The Morgan fingerprint density at radius 2 is 1.65 bits per heavy atom. The zero-order valence-corrected chi connectivity index (χ0v) is 26.9. The number of nitrogens with one attached hydrogen (secondary N) is 1. The van der Waals surface area contributed by atoms with Gasteiger partial charge in [0.25, 0.3) is 10.0 Å². The summed E-state index contributed by atoms with van der Waals surface area (Å²) in [6.45, 7) is 3.23. The fraction of sp³-hybridized carbons (Fsp3) is 0.375. The van der Waals surface area contributed by atoms with Gasteiger partial charge < -0.3 is 15.0 Å². The lowest BCUT2D eigenvalue weighted by atomic mass is 10.1. The minimum atomic E-state index is -4.22. The maximum absolute atomic E-state index is 14.2. The summed E-state index contributed by atoms with van der Waals surface area (Å²) in [6, 6.07) is 17.2. The number of benzene rings is 3. The van der Waals surface area contributed by atoms with E-state index in [4.69, 9.17) is 27.9 Å². The number of hydrogen-bond donors (Lipinski definition) is 1. The number of aryl methyl sites for hydroxylation is 1. The molecule has 1 saturated carbocycles. The average Bonchev–Trinajstić information content (AvgIpc) is 3.50. The van der Waals surface area contributed by atoms with E-state index in [0.717, 1.165) is 41.1 Å². The van der Waals surface area contributed by atoms with E-state index in [-0.39, 0.29) is 34.1 Å². The fourth-order valence-electron chi connectivity index (χ4n) is 5.25. The van der Waals surface area contributed by atoms with E-state index in [2.05, 4.69) is 5.32 Å². The van der Waals surface area contributed by atoms with Crippen LogP contribution in [-0.4, -0.2) is 50.9 Å². The van der Waals surface area contributed by atoms with Crippen molar-refractivity contribution in [3.8, 4) is 5.75 Å². The Morgan fingerprint density at radius 1 is 1.00 bits per heavy atom. The van der Waals surface area contributed by atoms with Gasteiger partial charge >= 0.3 is 0 Å². The zero-order chi connectivity index (χ0) is 31.1. The van der Waals surface area contributed by atoms with Crippen LogP contribution in [0.1, 0.15) is 50.2 Å². The molecule has 3 aromatic rings. The van der Waals surface area contributed by atoms with Crippen LogP contribution in [0.2, 0.25) is 10.0 Å². The highest BCUT2D eigenvalue weighted by atomic mass is 35.5. The van der Waals surface area contributed by atoms with Crippen LogP contribution in [0.5, 0.6) is 5.75 Å². The van der Waals surface area contributed by atoms with Gasteiger partial charge in [0.1, 0.15) is 18.3 Å². The van der Waals surface area contributed by atoms with Crippen LogP contribution in [0.3, 0.4) is 0 Å². The molecule has 3 aromatic carbocycles. The van der Waals surface area contributed by atoms with E-state index in [1.165, 1.54) is 36.3 Å². The van der Waals surface area contributed by atoms with Crippen LogP contribution in [0.4, 0.5) is 5.69 Å². The number of ether oxygens (including phenoxy) is 1. The Hall–Kier alpha value is -3.27. The number of methoxy groups -OCH3 is 1. The van der Waals surface area contributed by atoms with Gasteiger partial charge in [0.05, 0.1) is 22.7 Å². The van der Waals surface area contributed by atoms with E-state index < -0.39 is 28.5 Å². The van der Waals surface area contributed by atoms with E-state index in [1.807, 2.05) is 13.8 Å². The molecule has 2 amide bonds. The van der Waals surface area contributed by atoms with Crippen LogP contribution < -0.4 is 14.4 Å². The molecule has 0 spiro atoms. The van der Waals surface area contributed by atoms with Crippen molar-refractivity contribution in [3.63, 3.8) is 0 Å². The van der Waals surface area contributed by atoms with E-state index in [0.29, 0.717) is 17.2 Å². The maximum atomic E-state index is 14.2. The maximum Gasteiger partial charge on any atom is 0.264 e. The summed E-state index contributed by atoms with van der Waals surface area (Å²) in [5, 5.41) is 3.84. The van der Waals surface area contributed by atoms with Crippen molar-refractivity contribution < 1.29 is 22.7 Å². The van der Waals surface area contributed by atoms with E-state index in [1.54, 1.807) is 42.5 Å². The summed E-state index contributed by atoms with van der Waals surface area (Å²) in [5.74, 6) is -0.424. The molecule has 1 fully saturated rings. The van der Waals surface area contributed by atoms with Crippen LogP contribution >= 0.6 is 23.2 Å². The molecule has 0 aliphatic heterocycles. The smallest absolute Gasteiger partial charge is 0.264 e. The topological polar surface area (TPSA) is 96.0 Å².